The zero-order valence-corrected chi connectivity index (χ0v) is 13.0. The Balaban J connectivity index is 1.73. The van der Waals surface area contributed by atoms with Crippen molar-refractivity contribution in [2.45, 2.75) is 24.5 Å². The van der Waals surface area contributed by atoms with Crippen LogP contribution >= 0.6 is 7.82 Å². The van der Waals surface area contributed by atoms with E-state index >= 15 is 0 Å². The molecular weight excluding hydrogens is 328 g/mol. The van der Waals surface area contributed by atoms with Gasteiger partial charge < -0.3 is 0 Å². The third-order valence-electron chi connectivity index (χ3n) is 3.90. The average molecular weight is 343 g/mol. The van der Waals surface area contributed by atoms with Gasteiger partial charge in [-0.05, 0) is 0 Å². The van der Waals surface area contributed by atoms with Crippen molar-refractivity contribution >= 4 is 32.5 Å². The van der Waals surface area contributed by atoms with Crippen LogP contribution in [0.2, 0.25) is 0 Å². The predicted molar refractivity (Wildman–Crippen MR) is 82.4 cm³/mol. The first-order valence-corrected chi connectivity index (χ1v) is 9.22. The molecule has 0 radical (unpaired) electrons. The van der Waals surface area contributed by atoms with Crippen molar-refractivity contribution in [1.82, 2.24) is 19.5 Å². The number of hydrogen-bond acceptors (Lipinski definition) is 9. The average Bonchev–Trinajstić information content (AvgIpc) is 3.00. The molecule has 1 unspecified atom stereocenters. The second-order valence-corrected chi connectivity index (χ2v) is 7.94. The molecule has 2 aliphatic rings. The summed E-state index contributed by atoms with van der Waals surface area (Å²) in [5.41, 5.74) is 5.35. The molecule has 2 aromatic rings. The number of aromatic amines is 1. The van der Waals surface area contributed by atoms with Crippen LogP contribution in [0, 0.1) is 0 Å². The molecule has 0 aromatic carbocycles. The quantitative estimate of drug-likeness (QED) is 0.322. The summed E-state index contributed by atoms with van der Waals surface area (Å²) < 4.78 is 17.9. The minimum absolute atomic E-state index is 0.0657. The van der Waals surface area contributed by atoms with E-state index in [1.54, 1.807) is 0 Å². The Hall–Kier alpha value is -1.56. The van der Waals surface area contributed by atoms with E-state index in [0.29, 0.717) is 0 Å². The minimum atomic E-state index is -3.26. The monoisotopic (exact) mass is 343 g/mol. The first-order valence-electron chi connectivity index (χ1n) is 6.96. The number of imidazole rings is 1. The van der Waals surface area contributed by atoms with Gasteiger partial charge in [0.25, 0.3) is 0 Å². The van der Waals surface area contributed by atoms with E-state index in [0.717, 1.165) is 0 Å². The maximum absolute atomic E-state index is 11.8. The third-order valence-corrected chi connectivity index (χ3v) is 5.32. The van der Waals surface area contributed by atoms with Crippen LogP contribution in [0.5, 0.6) is 0 Å². The Morgan fingerprint density at radius 2 is 2.35 bits per heavy atom. The van der Waals surface area contributed by atoms with Crippen LogP contribution in [0.15, 0.2) is 11.1 Å². The molecule has 2 aromatic heterocycles. The van der Waals surface area contributed by atoms with Gasteiger partial charge in [0.05, 0.1) is 0 Å². The molecule has 4 rings (SSSR count). The van der Waals surface area contributed by atoms with Crippen molar-refractivity contribution in [3.8, 4) is 0 Å². The summed E-state index contributed by atoms with van der Waals surface area (Å²) in [5, 5.41) is 10.5. The van der Waals surface area contributed by atoms with Crippen LogP contribution < -0.4 is 11.3 Å². The number of aliphatic hydroxyl groups excluding tert-OH is 1. The topological polar surface area (TPSA) is 158 Å². The summed E-state index contributed by atoms with van der Waals surface area (Å²) in [7, 11) is -1.79. The first-order chi connectivity index (χ1) is 10.9. The van der Waals surface area contributed by atoms with E-state index in [2.05, 4.69) is 15.0 Å². The van der Waals surface area contributed by atoms with Crippen molar-refractivity contribution in [3.63, 3.8) is 0 Å². The fourth-order valence-electron chi connectivity index (χ4n) is 2.88. The molecule has 0 spiro atoms. The summed E-state index contributed by atoms with van der Waals surface area (Å²) in [6.45, 7) is 0.111. The van der Waals surface area contributed by atoms with Gasteiger partial charge in [-0.15, -0.1) is 0 Å². The number of rotatable bonds is 1. The van der Waals surface area contributed by atoms with Gasteiger partial charge in [0.15, 0.2) is 0 Å². The number of nitrogen functional groups attached to an aromatic ring is 1. The van der Waals surface area contributed by atoms with Gasteiger partial charge in [0, 0.05) is 0 Å². The van der Waals surface area contributed by atoms with Gasteiger partial charge in [-0.3, -0.25) is 0 Å². The molecule has 2 aliphatic heterocycles. The Morgan fingerprint density at radius 1 is 1.57 bits per heavy atom. The van der Waals surface area contributed by atoms with Gasteiger partial charge in [-0.1, -0.05) is 0 Å². The van der Waals surface area contributed by atoms with Crippen LogP contribution in [-0.2, 0) is 13.8 Å². The van der Waals surface area contributed by atoms with E-state index in [1.807, 2.05) is 0 Å². The van der Waals surface area contributed by atoms with Crippen molar-refractivity contribution < 1.29 is 23.8 Å². The third kappa shape index (κ3) is 2.35. The van der Waals surface area contributed by atoms with Gasteiger partial charge in [-0.25, -0.2) is 0 Å². The molecule has 13 heteroatoms. The normalized spacial score (nSPS) is 34.3. The van der Waals surface area contributed by atoms with Crippen LogP contribution in [-0.4, -0.2) is 62.0 Å². The van der Waals surface area contributed by atoms with Gasteiger partial charge in [0.1, 0.15) is 0 Å². The van der Waals surface area contributed by atoms with Gasteiger partial charge in [0.2, 0.25) is 0 Å². The Labute approximate surface area is 130 Å². The number of H-pyrrole nitrogens is 1. The zero-order valence-electron chi connectivity index (χ0n) is 12.0. The molecule has 124 valence electrons. The summed E-state index contributed by atoms with van der Waals surface area (Å²) in [5.74, 6) is -0.0657. The summed E-state index contributed by atoms with van der Waals surface area (Å²) in [4.78, 5) is 32.1. The standard InChI is InChI=1S/C10H15BN5O6P/c11-23(19)20-1-3-6(22-23)5(17)9(21-3)16-2-13-4-7(16)14-10(12)15-8(4)18/h2-3,5-6,9,17,19,23H,1,11H2,(H3,12,14,15,18)/t3-,5?,6-,9-/m1/s1. The Morgan fingerprint density at radius 3 is 3.13 bits per heavy atom. The number of nitrogens with zero attached hydrogens (tertiary/aromatic N) is 3. The van der Waals surface area contributed by atoms with Crippen molar-refractivity contribution in [3.05, 3.63) is 16.7 Å². The summed E-state index contributed by atoms with van der Waals surface area (Å²) >= 11 is 0. The second-order valence-electron chi connectivity index (χ2n) is 5.62. The molecule has 0 aliphatic carbocycles. The van der Waals surface area contributed by atoms with E-state index < -0.39 is 37.9 Å². The molecule has 4 atom stereocenters. The predicted octanol–water partition coefficient (Wildman–Crippen LogP) is -2.59. The number of nitrogens with two attached hydrogens (primary N) is 1. The van der Waals surface area contributed by atoms with E-state index in [-0.39, 0.29) is 23.7 Å². The molecule has 4 heterocycles. The number of aliphatic hydroxyl groups is 1. The first kappa shape index (κ1) is 15.0. The van der Waals surface area contributed by atoms with E-state index in [4.69, 9.17) is 19.5 Å². The molecule has 2 fully saturated rings. The molecule has 11 nitrogen and oxygen atoms in total. The van der Waals surface area contributed by atoms with Crippen molar-refractivity contribution in [2.24, 2.45) is 0 Å². The molecular formula is C10H15BN5O6P. The molecule has 2 saturated heterocycles. The number of hydrogen-bond donors (Lipinski definition) is 4. The summed E-state index contributed by atoms with van der Waals surface area (Å²) in [6.07, 6.45) is -1.89. The van der Waals surface area contributed by atoms with Crippen LogP contribution in [0.4, 0.5) is 5.95 Å². The van der Waals surface area contributed by atoms with Gasteiger partial charge in [-0.2, -0.15) is 0 Å². The molecule has 0 bridgehead atoms. The number of nitrogens with one attached hydrogen (secondary N) is 1. The SMILES string of the molecule is B[PH]1(O)OC[C@H]2O[C@@H](n3cnc4c(=O)[nH]c(N)nc43)C(O)[C@@H]2O1. The number of aromatic nitrogens is 4. The summed E-state index contributed by atoms with van der Waals surface area (Å²) in [6, 6.07) is 0. The fraction of sp³-hybridized carbons (Fsp3) is 0.500. The van der Waals surface area contributed by atoms with Gasteiger partial charge >= 0.3 is 129 Å². The fourth-order valence-corrected chi connectivity index (χ4v) is 4.22. The van der Waals surface area contributed by atoms with Crippen LogP contribution in [0.3, 0.4) is 0 Å². The number of anilines is 1. The van der Waals surface area contributed by atoms with Crippen LogP contribution in [0.1, 0.15) is 6.23 Å². The van der Waals surface area contributed by atoms with E-state index in [1.165, 1.54) is 18.5 Å². The zero-order chi connectivity index (χ0) is 16.4. The van der Waals surface area contributed by atoms with E-state index in [9.17, 15) is 14.8 Å². The molecule has 23 heavy (non-hydrogen) atoms. The van der Waals surface area contributed by atoms with Crippen molar-refractivity contribution in [1.29, 1.82) is 0 Å². The van der Waals surface area contributed by atoms with Crippen molar-refractivity contribution in [2.75, 3.05) is 12.3 Å². The molecule has 0 saturated carbocycles. The molecule has 5 N–H and O–H groups in total. The Bertz CT molecular complexity index is 826. The maximum atomic E-state index is 11.8. The number of fused-ring (bicyclic) bond motifs is 2. The number of ether oxygens (including phenoxy) is 1. The second kappa shape index (κ2) is 4.97. The molecule has 0 amide bonds. The Kier molecular flexibility index (Phi) is 3.24. The van der Waals surface area contributed by atoms with Crippen LogP contribution in [0.25, 0.3) is 11.2 Å².